The van der Waals surface area contributed by atoms with Crippen LogP contribution in [0.4, 0.5) is 0 Å². The molecule has 0 radical (unpaired) electrons. The van der Waals surface area contributed by atoms with E-state index in [1.165, 1.54) is 23.9 Å². The monoisotopic (exact) mass is 307 g/mol. The van der Waals surface area contributed by atoms with E-state index in [1.807, 2.05) is 0 Å². The van der Waals surface area contributed by atoms with Crippen LogP contribution in [-0.4, -0.2) is 49.7 Å². The molecule has 0 fully saturated rings. The van der Waals surface area contributed by atoms with Gasteiger partial charge < -0.3 is 14.8 Å². The molecule has 1 rings (SSSR count). The first-order valence-electron chi connectivity index (χ1n) is 5.18. The van der Waals surface area contributed by atoms with Crippen LogP contribution < -0.4 is 5.32 Å². The van der Waals surface area contributed by atoms with Crippen molar-refractivity contribution in [2.45, 2.75) is 5.09 Å². The van der Waals surface area contributed by atoms with Crippen LogP contribution in [0.1, 0.15) is 10.6 Å². The third-order valence-electron chi connectivity index (χ3n) is 1.93. The molecule has 106 valence electrons. The largest absolute Gasteiger partial charge is 0.481 e. The Balaban J connectivity index is 2.42. The highest BCUT2D eigenvalue weighted by molar-refractivity contribution is 7.99. The van der Waals surface area contributed by atoms with Crippen LogP contribution in [0.15, 0.2) is 21.6 Å². The molecule has 0 saturated heterocycles. The third kappa shape index (κ3) is 5.35. The van der Waals surface area contributed by atoms with E-state index in [0.29, 0.717) is 5.75 Å². The molecule has 0 saturated carbocycles. The summed E-state index contributed by atoms with van der Waals surface area (Å²) in [4.78, 5) is 21.8. The highest BCUT2D eigenvalue weighted by atomic mass is 32.2. The van der Waals surface area contributed by atoms with Crippen LogP contribution in [0.3, 0.4) is 0 Å². The highest BCUT2D eigenvalue weighted by Crippen LogP contribution is 2.13. The number of aliphatic carboxylic acids is 1. The van der Waals surface area contributed by atoms with Gasteiger partial charge in [-0.05, 0) is 12.1 Å². The van der Waals surface area contributed by atoms with E-state index in [-0.39, 0.29) is 23.2 Å². The molecule has 0 aliphatic carbocycles. The molecule has 1 aromatic heterocycles. The first-order chi connectivity index (χ1) is 8.80. The predicted octanol–water partition coefficient (Wildman–Crippen LogP) is 0.231. The minimum Gasteiger partial charge on any atom is -0.481 e. The number of hydrogen-bond donors (Lipinski definition) is 2. The van der Waals surface area contributed by atoms with Crippen LogP contribution in [0.2, 0.25) is 0 Å². The maximum atomic E-state index is 11.6. The normalized spacial score (nSPS) is 11.2. The summed E-state index contributed by atoms with van der Waals surface area (Å²) in [5.41, 5.74) is 0. The number of nitrogens with one attached hydrogen (secondary N) is 1. The van der Waals surface area contributed by atoms with Crippen molar-refractivity contribution >= 4 is 33.5 Å². The Morgan fingerprint density at radius 1 is 1.42 bits per heavy atom. The van der Waals surface area contributed by atoms with Gasteiger partial charge >= 0.3 is 5.97 Å². The van der Waals surface area contributed by atoms with E-state index in [0.717, 1.165) is 6.26 Å². The zero-order valence-corrected chi connectivity index (χ0v) is 11.7. The number of carbonyl (C=O) groups is 2. The number of rotatable bonds is 7. The van der Waals surface area contributed by atoms with Gasteiger partial charge in [-0.1, -0.05) is 0 Å². The van der Waals surface area contributed by atoms with Gasteiger partial charge in [-0.3, -0.25) is 9.59 Å². The fourth-order valence-electron chi connectivity index (χ4n) is 1.12. The third-order valence-corrected chi connectivity index (χ3v) is 3.82. The zero-order valence-electron chi connectivity index (χ0n) is 10.1. The second-order valence-corrected chi connectivity index (χ2v) is 6.64. The summed E-state index contributed by atoms with van der Waals surface area (Å²) in [5.74, 6) is -1.14. The fourth-order valence-corrected chi connectivity index (χ4v) is 2.25. The van der Waals surface area contributed by atoms with E-state index in [1.54, 1.807) is 0 Å². The molecule has 0 aromatic carbocycles. The van der Waals surface area contributed by atoms with Gasteiger partial charge in [-0.15, -0.1) is 11.8 Å². The molecular formula is C10H13NO6S2. The standard InChI is InChI=1S/C10H13NO6S2/c1-19(15,16)9-3-2-7(17-9)10(14)11-4-5-18-6-8(12)13/h2-3H,4-6H2,1H3,(H,11,14)(H,12,13). The minimum absolute atomic E-state index is 0.0329. The number of hydrogen-bond acceptors (Lipinski definition) is 6. The topological polar surface area (TPSA) is 114 Å². The van der Waals surface area contributed by atoms with E-state index in [2.05, 4.69) is 5.32 Å². The molecule has 0 aliphatic rings. The van der Waals surface area contributed by atoms with E-state index < -0.39 is 21.7 Å². The van der Waals surface area contributed by atoms with Crippen molar-refractivity contribution < 1.29 is 27.5 Å². The molecule has 2 N–H and O–H groups in total. The molecule has 7 nitrogen and oxygen atoms in total. The summed E-state index contributed by atoms with van der Waals surface area (Å²) < 4.78 is 27.2. The van der Waals surface area contributed by atoms with E-state index >= 15 is 0 Å². The first-order valence-corrected chi connectivity index (χ1v) is 8.23. The Bertz CT molecular complexity index is 562. The van der Waals surface area contributed by atoms with Crippen LogP contribution in [0, 0.1) is 0 Å². The van der Waals surface area contributed by atoms with Gasteiger partial charge in [0, 0.05) is 18.6 Å². The summed E-state index contributed by atoms with van der Waals surface area (Å²) >= 11 is 1.17. The molecule has 0 aliphatic heterocycles. The summed E-state index contributed by atoms with van der Waals surface area (Å²) in [6.07, 6.45) is 0.982. The van der Waals surface area contributed by atoms with Gasteiger partial charge in [0.15, 0.2) is 5.76 Å². The average Bonchev–Trinajstić information content (AvgIpc) is 2.76. The second-order valence-electron chi connectivity index (χ2n) is 3.59. The summed E-state index contributed by atoms with van der Waals surface area (Å²) in [6, 6.07) is 2.49. The summed E-state index contributed by atoms with van der Waals surface area (Å²) in [7, 11) is -3.47. The van der Waals surface area contributed by atoms with Gasteiger partial charge in [0.2, 0.25) is 14.9 Å². The SMILES string of the molecule is CS(=O)(=O)c1ccc(C(=O)NCCSCC(=O)O)o1. The average molecular weight is 307 g/mol. The number of thioether (sulfide) groups is 1. The maximum Gasteiger partial charge on any atom is 0.313 e. The number of sulfone groups is 1. The Morgan fingerprint density at radius 3 is 2.63 bits per heavy atom. The number of furan rings is 1. The molecule has 0 bridgehead atoms. The quantitative estimate of drug-likeness (QED) is 0.693. The zero-order chi connectivity index (χ0) is 14.5. The molecule has 0 unspecified atom stereocenters. The molecule has 0 spiro atoms. The van der Waals surface area contributed by atoms with Crippen LogP contribution in [-0.2, 0) is 14.6 Å². The summed E-state index contributed by atoms with van der Waals surface area (Å²) in [5, 5.41) is 10.6. The van der Waals surface area contributed by atoms with Crippen molar-refractivity contribution in [3.63, 3.8) is 0 Å². The van der Waals surface area contributed by atoms with E-state index in [9.17, 15) is 18.0 Å². The lowest BCUT2D eigenvalue weighted by Crippen LogP contribution is -2.25. The molecular weight excluding hydrogens is 294 g/mol. The molecule has 1 heterocycles. The molecule has 1 amide bonds. The van der Waals surface area contributed by atoms with Crippen molar-refractivity contribution in [3.8, 4) is 0 Å². The first kappa shape index (κ1) is 15.6. The van der Waals surface area contributed by atoms with Gasteiger partial charge in [-0.2, -0.15) is 0 Å². The van der Waals surface area contributed by atoms with E-state index in [4.69, 9.17) is 9.52 Å². The van der Waals surface area contributed by atoms with Gasteiger partial charge in [-0.25, -0.2) is 8.42 Å². The minimum atomic E-state index is -3.47. The molecule has 0 atom stereocenters. The van der Waals surface area contributed by atoms with Crippen molar-refractivity contribution in [1.82, 2.24) is 5.32 Å². The van der Waals surface area contributed by atoms with Crippen LogP contribution in [0.25, 0.3) is 0 Å². The van der Waals surface area contributed by atoms with Crippen LogP contribution >= 0.6 is 11.8 Å². The predicted molar refractivity (Wildman–Crippen MR) is 69.1 cm³/mol. The number of carboxylic acid groups (broad SMARTS) is 1. The van der Waals surface area contributed by atoms with Gasteiger partial charge in [0.05, 0.1) is 5.75 Å². The number of amides is 1. The van der Waals surface area contributed by atoms with Crippen molar-refractivity contribution in [3.05, 3.63) is 17.9 Å². The molecule has 19 heavy (non-hydrogen) atoms. The van der Waals surface area contributed by atoms with Gasteiger partial charge in [0.25, 0.3) is 5.91 Å². The fraction of sp³-hybridized carbons (Fsp3) is 0.400. The molecule has 1 aromatic rings. The highest BCUT2D eigenvalue weighted by Gasteiger charge is 2.16. The number of carboxylic acids is 1. The lowest BCUT2D eigenvalue weighted by atomic mass is 10.4. The van der Waals surface area contributed by atoms with Crippen molar-refractivity contribution in [2.75, 3.05) is 24.3 Å². The Labute approximate surface area is 114 Å². The van der Waals surface area contributed by atoms with Gasteiger partial charge in [0.1, 0.15) is 0 Å². The molecule has 9 heteroatoms. The lowest BCUT2D eigenvalue weighted by Gasteiger charge is -2.01. The maximum absolute atomic E-state index is 11.6. The van der Waals surface area contributed by atoms with Crippen molar-refractivity contribution in [2.24, 2.45) is 0 Å². The smallest absolute Gasteiger partial charge is 0.313 e. The number of carbonyl (C=O) groups excluding carboxylic acids is 1. The Hall–Kier alpha value is -1.48. The second kappa shape index (κ2) is 6.62. The van der Waals surface area contributed by atoms with Crippen LogP contribution in [0.5, 0.6) is 0 Å². The van der Waals surface area contributed by atoms with Crippen molar-refractivity contribution in [1.29, 1.82) is 0 Å². The summed E-state index contributed by atoms with van der Waals surface area (Å²) in [6.45, 7) is 0.270. The lowest BCUT2D eigenvalue weighted by molar-refractivity contribution is -0.133. The Kier molecular flexibility index (Phi) is 5.43. The Morgan fingerprint density at radius 2 is 2.11 bits per heavy atom.